The van der Waals surface area contributed by atoms with Crippen molar-refractivity contribution >= 4 is 28.2 Å². The quantitative estimate of drug-likeness (QED) is 0.870. The molecule has 1 atom stereocenters. The number of anilines is 1. The van der Waals surface area contributed by atoms with E-state index >= 15 is 0 Å². The molecule has 0 N–H and O–H groups in total. The number of likely N-dealkylation sites (N-methyl/N-ethyl adjacent to an activating group) is 1. The Balaban J connectivity index is 1.87. The van der Waals surface area contributed by atoms with Gasteiger partial charge < -0.3 is 9.64 Å². The molecule has 1 unspecified atom stereocenters. The lowest BCUT2D eigenvalue weighted by Crippen LogP contribution is -2.34. The zero-order chi connectivity index (χ0) is 13.9. The summed E-state index contributed by atoms with van der Waals surface area (Å²) in [6, 6.07) is 7.96. The number of fused-ring (bicyclic) bond motifs is 1. The van der Waals surface area contributed by atoms with E-state index in [1.165, 1.54) is 12.8 Å². The van der Waals surface area contributed by atoms with Gasteiger partial charge in [-0.25, -0.2) is 0 Å². The van der Waals surface area contributed by atoms with Crippen LogP contribution in [0.3, 0.4) is 0 Å². The van der Waals surface area contributed by atoms with E-state index < -0.39 is 0 Å². The van der Waals surface area contributed by atoms with Gasteiger partial charge in [-0.2, -0.15) is 0 Å². The third kappa shape index (κ3) is 2.72. The fourth-order valence-corrected chi connectivity index (χ4v) is 2.88. The molecule has 1 fully saturated rings. The molecule has 0 spiro atoms. The number of nitrogens with zero attached hydrogens (tertiary/aromatic N) is 3. The van der Waals surface area contributed by atoms with Gasteiger partial charge in [0.2, 0.25) is 0 Å². The van der Waals surface area contributed by atoms with Crippen molar-refractivity contribution in [3.05, 3.63) is 29.4 Å². The molecule has 5 heteroatoms. The zero-order valence-electron chi connectivity index (χ0n) is 11.6. The van der Waals surface area contributed by atoms with Crippen LogP contribution in [-0.4, -0.2) is 36.5 Å². The zero-order valence-corrected chi connectivity index (χ0v) is 12.3. The molecule has 106 valence electrons. The predicted octanol–water partition coefficient (Wildman–Crippen LogP) is 3.29. The minimum absolute atomic E-state index is 0.282. The monoisotopic (exact) mass is 291 g/mol. The van der Waals surface area contributed by atoms with Crippen molar-refractivity contribution in [3.63, 3.8) is 0 Å². The number of rotatable bonds is 3. The summed E-state index contributed by atoms with van der Waals surface area (Å²) in [6.07, 6.45) is 3.81. The van der Waals surface area contributed by atoms with Crippen LogP contribution in [0.25, 0.3) is 10.8 Å². The van der Waals surface area contributed by atoms with Gasteiger partial charge in [-0.05, 0) is 19.3 Å². The topological polar surface area (TPSA) is 38.2 Å². The average molecular weight is 292 g/mol. The van der Waals surface area contributed by atoms with Crippen LogP contribution in [-0.2, 0) is 4.74 Å². The molecule has 2 heterocycles. The second-order valence-corrected chi connectivity index (χ2v) is 5.59. The number of hydrogen-bond donors (Lipinski definition) is 0. The van der Waals surface area contributed by atoms with E-state index in [2.05, 4.69) is 15.1 Å². The number of ether oxygens (including phenoxy) is 1. The van der Waals surface area contributed by atoms with E-state index in [1.54, 1.807) is 0 Å². The molecule has 1 aliphatic heterocycles. The summed E-state index contributed by atoms with van der Waals surface area (Å²) in [5.41, 5.74) is 0. The summed E-state index contributed by atoms with van der Waals surface area (Å²) in [5, 5.41) is 10.7. The molecule has 0 bridgehead atoms. The molecule has 1 aliphatic rings. The lowest BCUT2D eigenvalue weighted by molar-refractivity contribution is 0.0215. The van der Waals surface area contributed by atoms with Gasteiger partial charge in [0.25, 0.3) is 0 Å². The van der Waals surface area contributed by atoms with Crippen LogP contribution in [0, 0.1) is 0 Å². The van der Waals surface area contributed by atoms with Gasteiger partial charge in [0.15, 0.2) is 11.0 Å². The molecule has 20 heavy (non-hydrogen) atoms. The normalized spacial score (nSPS) is 19.2. The summed E-state index contributed by atoms with van der Waals surface area (Å²) in [4.78, 5) is 2.11. The lowest BCUT2D eigenvalue weighted by Gasteiger charge is -2.28. The summed E-state index contributed by atoms with van der Waals surface area (Å²) >= 11 is 6.11. The van der Waals surface area contributed by atoms with E-state index in [4.69, 9.17) is 16.3 Å². The molecule has 1 saturated heterocycles. The first kappa shape index (κ1) is 13.6. The van der Waals surface area contributed by atoms with Crippen LogP contribution < -0.4 is 4.90 Å². The molecule has 0 radical (unpaired) electrons. The lowest BCUT2D eigenvalue weighted by atomic mass is 10.1. The summed E-state index contributed by atoms with van der Waals surface area (Å²) in [6.45, 7) is 1.70. The van der Waals surface area contributed by atoms with Crippen molar-refractivity contribution in [3.8, 4) is 0 Å². The van der Waals surface area contributed by atoms with Crippen molar-refractivity contribution in [1.29, 1.82) is 0 Å². The largest absolute Gasteiger partial charge is 0.376 e. The SMILES string of the molecule is CN(CC1CCCCO1)c1nnc(Cl)c2ccccc12. The molecule has 1 aromatic heterocycles. The van der Waals surface area contributed by atoms with Crippen LogP contribution >= 0.6 is 11.6 Å². The Morgan fingerprint density at radius 3 is 2.80 bits per heavy atom. The highest BCUT2D eigenvalue weighted by molar-refractivity contribution is 6.34. The Labute approximate surface area is 123 Å². The van der Waals surface area contributed by atoms with Crippen LogP contribution in [0.5, 0.6) is 0 Å². The Morgan fingerprint density at radius 1 is 1.25 bits per heavy atom. The highest BCUT2D eigenvalue weighted by Crippen LogP contribution is 2.28. The summed E-state index contributed by atoms with van der Waals surface area (Å²) < 4.78 is 5.79. The van der Waals surface area contributed by atoms with Crippen LogP contribution in [0.15, 0.2) is 24.3 Å². The Kier molecular flexibility index (Phi) is 4.03. The maximum absolute atomic E-state index is 6.11. The van der Waals surface area contributed by atoms with Gasteiger partial charge in [0.05, 0.1) is 6.10 Å². The molecule has 0 aliphatic carbocycles. The number of benzene rings is 1. The Morgan fingerprint density at radius 2 is 2.05 bits per heavy atom. The Hall–Kier alpha value is -1.39. The highest BCUT2D eigenvalue weighted by atomic mass is 35.5. The number of hydrogen-bond acceptors (Lipinski definition) is 4. The van der Waals surface area contributed by atoms with Crippen molar-refractivity contribution in [2.75, 3.05) is 25.1 Å². The third-order valence-corrected chi connectivity index (χ3v) is 4.01. The molecular formula is C15H18ClN3O. The second-order valence-electron chi connectivity index (χ2n) is 5.23. The fourth-order valence-electron chi connectivity index (χ4n) is 2.68. The van der Waals surface area contributed by atoms with Gasteiger partial charge in [0.1, 0.15) is 0 Å². The fraction of sp³-hybridized carbons (Fsp3) is 0.467. The molecule has 3 rings (SSSR count). The minimum Gasteiger partial charge on any atom is -0.376 e. The third-order valence-electron chi connectivity index (χ3n) is 3.74. The molecule has 0 saturated carbocycles. The van der Waals surface area contributed by atoms with E-state index in [-0.39, 0.29) is 6.10 Å². The van der Waals surface area contributed by atoms with Crippen molar-refractivity contribution in [2.24, 2.45) is 0 Å². The van der Waals surface area contributed by atoms with E-state index in [0.29, 0.717) is 5.15 Å². The first-order valence-corrected chi connectivity index (χ1v) is 7.37. The van der Waals surface area contributed by atoms with Crippen molar-refractivity contribution < 1.29 is 4.74 Å². The van der Waals surface area contributed by atoms with Crippen LogP contribution in [0.4, 0.5) is 5.82 Å². The smallest absolute Gasteiger partial charge is 0.159 e. The van der Waals surface area contributed by atoms with Gasteiger partial charge in [-0.3, -0.25) is 0 Å². The first-order valence-electron chi connectivity index (χ1n) is 6.99. The van der Waals surface area contributed by atoms with Gasteiger partial charge in [-0.1, -0.05) is 35.9 Å². The van der Waals surface area contributed by atoms with Gasteiger partial charge in [-0.15, -0.1) is 10.2 Å². The van der Waals surface area contributed by atoms with E-state index in [9.17, 15) is 0 Å². The molecule has 0 amide bonds. The maximum atomic E-state index is 6.11. The van der Waals surface area contributed by atoms with Crippen LogP contribution in [0.1, 0.15) is 19.3 Å². The van der Waals surface area contributed by atoms with Gasteiger partial charge in [0, 0.05) is 31.0 Å². The predicted molar refractivity (Wildman–Crippen MR) is 81.4 cm³/mol. The maximum Gasteiger partial charge on any atom is 0.159 e. The molecule has 4 nitrogen and oxygen atoms in total. The average Bonchev–Trinajstić information content (AvgIpc) is 2.49. The first-order chi connectivity index (χ1) is 9.75. The van der Waals surface area contributed by atoms with Gasteiger partial charge >= 0.3 is 0 Å². The second kappa shape index (κ2) is 5.94. The van der Waals surface area contributed by atoms with E-state index in [1.807, 2.05) is 31.3 Å². The minimum atomic E-state index is 0.282. The van der Waals surface area contributed by atoms with Crippen molar-refractivity contribution in [2.45, 2.75) is 25.4 Å². The number of aromatic nitrogens is 2. The van der Waals surface area contributed by atoms with Crippen molar-refractivity contribution in [1.82, 2.24) is 10.2 Å². The standard InChI is InChI=1S/C15H18ClN3O/c1-19(10-11-6-4-5-9-20-11)15-13-8-3-2-7-12(13)14(16)17-18-15/h2-3,7-8,11H,4-6,9-10H2,1H3. The molecule has 1 aromatic carbocycles. The number of halogens is 1. The van der Waals surface area contributed by atoms with E-state index in [0.717, 1.165) is 36.2 Å². The molecular weight excluding hydrogens is 274 g/mol. The highest BCUT2D eigenvalue weighted by Gasteiger charge is 2.18. The molecule has 2 aromatic rings. The summed E-state index contributed by atoms with van der Waals surface area (Å²) in [7, 11) is 2.03. The van der Waals surface area contributed by atoms with Crippen LogP contribution in [0.2, 0.25) is 5.15 Å². The Bertz CT molecular complexity index is 599. The summed E-state index contributed by atoms with van der Waals surface area (Å²) in [5.74, 6) is 0.860.